The van der Waals surface area contributed by atoms with E-state index < -0.39 is 17.3 Å². The maximum Gasteiger partial charge on any atom is 0.341 e. The molecular formula is C17H20FN3O3. The number of hydrogen-bond donors (Lipinski definition) is 2. The van der Waals surface area contributed by atoms with Crippen LogP contribution in [0.4, 0.5) is 10.1 Å². The van der Waals surface area contributed by atoms with E-state index in [0.29, 0.717) is 41.8 Å². The molecule has 1 saturated heterocycles. The van der Waals surface area contributed by atoms with Gasteiger partial charge in [-0.25, -0.2) is 9.18 Å². The topological polar surface area (TPSA) is 88.0 Å². The summed E-state index contributed by atoms with van der Waals surface area (Å²) in [5.74, 6) is -1.85. The third-order valence-electron chi connectivity index (χ3n) is 4.64. The number of nitrogens with zero attached hydrogens (tertiary/aromatic N) is 2. The standard InChI is InChI=1S/C17H20FN3O3/c1-3-10-6-12(17(23)24)16(22)21-8-13(18)15(9(2)14(10)21)20-5-4-11(19)7-20/h6,8,11H,3-5,7,19H2,1-2H3,(H,23,24). The van der Waals surface area contributed by atoms with Gasteiger partial charge in [0.1, 0.15) is 5.56 Å². The normalized spacial score (nSPS) is 17.7. The van der Waals surface area contributed by atoms with Crippen molar-refractivity contribution in [1.29, 1.82) is 0 Å². The maximum atomic E-state index is 14.7. The van der Waals surface area contributed by atoms with Crippen LogP contribution in [0.25, 0.3) is 5.52 Å². The molecule has 1 aliphatic heterocycles. The molecule has 7 heteroatoms. The minimum atomic E-state index is -1.31. The summed E-state index contributed by atoms with van der Waals surface area (Å²) in [4.78, 5) is 25.6. The van der Waals surface area contributed by atoms with Gasteiger partial charge in [-0.05, 0) is 37.0 Å². The van der Waals surface area contributed by atoms with Gasteiger partial charge in [0.25, 0.3) is 5.56 Å². The monoisotopic (exact) mass is 333 g/mol. The lowest BCUT2D eigenvalue weighted by Gasteiger charge is -2.23. The number of aromatic nitrogens is 1. The lowest BCUT2D eigenvalue weighted by atomic mass is 10.0. The van der Waals surface area contributed by atoms with Gasteiger partial charge in [-0.3, -0.25) is 9.20 Å². The van der Waals surface area contributed by atoms with Crippen LogP contribution in [0.15, 0.2) is 17.1 Å². The fourth-order valence-corrected chi connectivity index (χ4v) is 3.50. The van der Waals surface area contributed by atoms with Crippen molar-refractivity contribution in [3.63, 3.8) is 0 Å². The molecule has 1 unspecified atom stereocenters. The number of aromatic carboxylic acids is 1. The number of pyridine rings is 2. The minimum Gasteiger partial charge on any atom is -0.477 e. The van der Waals surface area contributed by atoms with Crippen molar-refractivity contribution in [2.75, 3.05) is 18.0 Å². The number of halogens is 1. The number of nitrogens with two attached hydrogens (primary N) is 1. The number of carbonyl (C=O) groups is 1. The van der Waals surface area contributed by atoms with Gasteiger partial charge in [0.2, 0.25) is 0 Å². The van der Waals surface area contributed by atoms with Gasteiger partial charge in [-0.2, -0.15) is 0 Å². The second-order valence-electron chi connectivity index (χ2n) is 6.21. The molecule has 3 rings (SSSR count). The highest BCUT2D eigenvalue weighted by molar-refractivity contribution is 5.88. The van der Waals surface area contributed by atoms with E-state index in [2.05, 4.69) is 0 Å². The third-order valence-corrected chi connectivity index (χ3v) is 4.64. The van der Waals surface area contributed by atoms with E-state index >= 15 is 0 Å². The molecule has 1 aliphatic rings. The molecule has 1 atom stereocenters. The van der Waals surface area contributed by atoms with Gasteiger partial charge >= 0.3 is 5.97 Å². The lowest BCUT2D eigenvalue weighted by molar-refractivity contribution is 0.0694. The Morgan fingerprint density at radius 3 is 2.75 bits per heavy atom. The van der Waals surface area contributed by atoms with Crippen molar-refractivity contribution < 1.29 is 14.3 Å². The van der Waals surface area contributed by atoms with Crippen LogP contribution in [-0.4, -0.2) is 34.6 Å². The van der Waals surface area contributed by atoms with Crippen LogP contribution in [-0.2, 0) is 6.42 Å². The second kappa shape index (κ2) is 5.90. The van der Waals surface area contributed by atoms with Gasteiger partial charge in [0.05, 0.1) is 17.4 Å². The number of anilines is 1. The highest BCUT2D eigenvalue weighted by atomic mass is 19.1. The van der Waals surface area contributed by atoms with E-state index in [0.717, 1.165) is 17.0 Å². The summed E-state index contributed by atoms with van der Waals surface area (Å²) in [6, 6.07) is 1.40. The summed E-state index contributed by atoms with van der Waals surface area (Å²) in [6.45, 7) is 4.86. The third kappa shape index (κ3) is 2.45. The second-order valence-corrected chi connectivity index (χ2v) is 6.21. The number of carboxylic acids is 1. The zero-order chi connectivity index (χ0) is 17.6. The van der Waals surface area contributed by atoms with Crippen LogP contribution in [0.5, 0.6) is 0 Å². The molecule has 1 fully saturated rings. The Labute approximate surface area is 138 Å². The number of fused-ring (bicyclic) bond motifs is 1. The molecule has 0 saturated carbocycles. The zero-order valence-electron chi connectivity index (χ0n) is 13.7. The smallest absolute Gasteiger partial charge is 0.341 e. The van der Waals surface area contributed by atoms with E-state index in [1.165, 1.54) is 6.07 Å². The molecule has 3 heterocycles. The number of aryl methyl sites for hydroxylation is 2. The van der Waals surface area contributed by atoms with E-state index in [1.54, 1.807) is 6.92 Å². The van der Waals surface area contributed by atoms with Crippen LogP contribution in [0.2, 0.25) is 0 Å². The first-order valence-electron chi connectivity index (χ1n) is 7.96. The van der Waals surface area contributed by atoms with Crippen molar-refractivity contribution in [1.82, 2.24) is 4.40 Å². The van der Waals surface area contributed by atoms with Crippen molar-refractivity contribution in [3.05, 3.63) is 45.1 Å². The molecule has 24 heavy (non-hydrogen) atoms. The van der Waals surface area contributed by atoms with Gasteiger partial charge in [0, 0.05) is 19.1 Å². The van der Waals surface area contributed by atoms with Crippen LogP contribution >= 0.6 is 0 Å². The fourth-order valence-electron chi connectivity index (χ4n) is 3.50. The van der Waals surface area contributed by atoms with Crippen LogP contribution < -0.4 is 16.2 Å². The summed E-state index contributed by atoms with van der Waals surface area (Å²) >= 11 is 0. The predicted molar refractivity (Wildman–Crippen MR) is 89.5 cm³/mol. The van der Waals surface area contributed by atoms with E-state index in [1.807, 2.05) is 11.8 Å². The zero-order valence-corrected chi connectivity index (χ0v) is 13.7. The van der Waals surface area contributed by atoms with Crippen LogP contribution in [0.1, 0.15) is 34.8 Å². The molecule has 0 amide bonds. The summed E-state index contributed by atoms with van der Waals surface area (Å²) in [7, 11) is 0. The number of carboxylic acid groups (broad SMARTS) is 1. The SMILES string of the molecule is CCc1cc(C(=O)O)c(=O)n2cc(F)c(N3CCC(N)C3)c(C)c12. The van der Waals surface area contributed by atoms with E-state index in [-0.39, 0.29) is 11.6 Å². The summed E-state index contributed by atoms with van der Waals surface area (Å²) in [5.41, 5.74) is 7.21. The Hall–Kier alpha value is -2.41. The Balaban J connectivity index is 2.34. The lowest BCUT2D eigenvalue weighted by Crippen LogP contribution is -2.29. The Bertz CT molecular complexity index is 891. The largest absolute Gasteiger partial charge is 0.477 e. The summed E-state index contributed by atoms with van der Waals surface area (Å²) < 4.78 is 15.8. The molecule has 2 aromatic rings. The predicted octanol–water partition coefficient (Wildman–Crippen LogP) is 1.55. The van der Waals surface area contributed by atoms with Gasteiger partial charge in [-0.15, -0.1) is 0 Å². The first-order valence-corrected chi connectivity index (χ1v) is 7.96. The van der Waals surface area contributed by atoms with Crippen LogP contribution in [0, 0.1) is 12.7 Å². The molecule has 0 bridgehead atoms. The molecule has 3 N–H and O–H groups in total. The fraction of sp³-hybridized carbons (Fsp3) is 0.412. The van der Waals surface area contributed by atoms with Gasteiger partial charge in [0.15, 0.2) is 5.82 Å². The summed E-state index contributed by atoms with van der Waals surface area (Å²) in [5, 5.41) is 9.21. The Morgan fingerprint density at radius 1 is 1.50 bits per heavy atom. The van der Waals surface area contributed by atoms with Gasteiger partial charge in [-0.1, -0.05) is 6.92 Å². The Morgan fingerprint density at radius 2 is 2.21 bits per heavy atom. The minimum absolute atomic E-state index is 0.00208. The van der Waals surface area contributed by atoms with Crippen molar-refractivity contribution in [2.24, 2.45) is 5.73 Å². The highest BCUT2D eigenvalue weighted by Gasteiger charge is 2.26. The molecule has 0 spiro atoms. The first-order chi connectivity index (χ1) is 11.3. The number of rotatable bonds is 3. The molecule has 0 aromatic carbocycles. The molecule has 2 aromatic heterocycles. The average molecular weight is 333 g/mol. The number of hydrogen-bond acceptors (Lipinski definition) is 4. The van der Waals surface area contributed by atoms with E-state index in [4.69, 9.17) is 5.73 Å². The molecule has 0 radical (unpaired) electrons. The van der Waals surface area contributed by atoms with Crippen molar-refractivity contribution >= 4 is 17.2 Å². The van der Waals surface area contributed by atoms with Crippen molar-refractivity contribution in [3.8, 4) is 0 Å². The molecule has 128 valence electrons. The highest BCUT2D eigenvalue weighted by Crippen LogP contribution is 2.31. The summed E-state index contributed by atoms with van der Waals surface area (Å²) in [6.07, 6.45) is 2.42. The van der Waals surface area contributed by atoms with Gasteiger partial charge < -0.3 is 15.7 Å². The Kier molecular flexibility index (Phi) is 4.04. The first kappa shape index (κ1) is 16.4. The molecule has 6 nitrogen and oxygen atoms in total. The average Bonchev–Trinajstić information content (AvgIpc) is 2.94. The maximum absolute atomic E-state index is 14.7. The van der Waals surface area contributed by atoms with Crippen molar-refractivity contribution in [2.45, 2.75) is 32.7 Å². The van der Waals surface area contributed by atoms with E-state index in [9.17, 15) is 19.1 Å². The van der Waals surface area contributed by atoms with Crippen LogP contribution in [0.3, 0.4) is 0 Å². The molecular weight excluding hydrogens is 313 g/mol. The molecule has 0 aliphatic carbocycles. The quantitative estimate of drug-likeness (QED) is 0.890.